The van der Waals surface area contributed by atoms with Crippen LogP contribution in [0, 0.1) is 5.41 Å². The van der Waals surface area contributed by atoms with Crippen molar-refractivity contribution in [2.75, 3.05) is 0 Å². The lowest BCUT2D eigenvalue weighted by molar-refractivity contribution is -0.116. The van der Waals surface area contributed by atoms with Crippen molar-refractivity contribution >= 4 is 16.8 Å². The van der Waals surface area contributed by atoms with E-state index in [1.807, 2.05) is 0 Å². The zero-order chi connectivity index (χ0) is 6.36. The van der Waals surface area contributed by atoms with Gasteiger partial charge in [-0.25, -0.2) is 4.39 Å². The molecule has 46 valence electrons. The molecular formula is C5H6ClFO. The Kier molecular flexibility index (Phi) is 1.08. The van der Waals surface area contributed by atoms with Crippen LogP contribution >= 0.6 is 11.6 Å². The summed E-state index contributed by atoms with van der Waals surface area (Å²) < 4.78 is 12.1. The minimum Gasteiger partial charge on any atom is -0.281 e. The molecule has 0 aromatic rings. The average Bonchev–Trinajstić information content (AvgIpc) is 2.17. The Balaban J connectivity index is 2.60. The molecule has 0 bridgehead atoms. The molecule has 1 saturated carbocycles. The summed E-state index contributed by atoms with van der Waals surface area (Å²) in [6, 6.07) is 0. The number of carbonyl (C=O) groups excluding carboxylic acids is 1. The van der Waals surface area contributed by atoms with Crippen molar-refractivity contribution in [3.8, 4) is 0 Å². The minimum atomic E-state index is -0.993. The smallest absolute Gasteiger partial charge is 0.230 e. The molecule has 1 nitrogen and oxygen atoms in total. The number of hydrogen-bond donors (Lipinski definition) is 0. The molecule has 1 aliphatic rings. The van der Waals surface area contributed by atoms with E-state index in [0.29, 0.717) is 6.42 Å². The molecule has 3 heteroatoms. The summed E-state index contributed by atoms with van der Waals surface area (Å²) in [6.07, 6.45) is -0.692. The molecule has 1 fully saturated rings. The fourth-order valence-corrected chi connectivity index (χ4v) is 0.712. The minimum absolute atomic E-state index is 0.301. The van der Waals surface area contributed by atoms with Crippen LogP contribution in [0.3, 0.4) is 0 Å². The van der Waals surface area contributed by atoms with E-state index in [4.69, 9.17) is 11.6 Å². The molecule has 2 atom stereocenters. The third-order valence-electron chi connectivity index (χ3n) is 1.58. The van der Waals surface area contributed by atoms with Gasteiger partial charge in [-0.15, -0.1) is 0 Å². The van der Waals surface area contributed by atoms with Gasteiger partial charge < -0.3 is 0 Å². The number of alkyl halides is 1. The Bertz CT molecular complexity index is 136. The molecule has 0 N–H and O–H groups in total. The van der Waals surface area contributed by atoms with Gasteiger partial charge in [-0.2, -0.15) is 0 Å². The van der Waals surface area contributed by atoms with Gasteiger partial charge in [0.15, 0.2) is 0 Å². The van der Waals surface area contributed by atoms with Gasteiger partial charge in [-0.3, -0.25) is 4.79 Å². The van der Waals surface area contributed by atoms with E-state index in [0.717, 1.165) is 0 Å². The lowest BCUT2D eigenvalue weighted by Gasteiger charge is -1.95. The van der Waals surface area contributed by atoms with Crippen molar-refractivity contribution in [3.05, 3.63) is 0 Å². The van der Waals surface area contributed by atoms with Gasteiger partial charge in [0.25, 0.3) is 0 Å². The average molecular weight is 137 g/mol. The third-order valence-corrected chi connectivity index (χ3v) is 2.02. The molecule has 0 radical (unpaired) electrons. The summed E-state index contributed by atoms with van der Waals surface area (Å²) in [5.74, 6) is 0. The molecule has 0 aromatic heterocycles. The second-order valence-electron chi connectivity index (χ2n) is 2.36. The number of carbonyl (C=O) groups is 1. The summed E-state index contributed by atoms with van der Waals surface area (Å²) in [7, 11) is 0. The van der Waals surface area contributed by atoms with E-state index in [-0.39, 0.29) is 0 Å². The topological polar surface area (TPSA) is 17.1 Å². The number of halogens is 2. The first kappa shape index (κ1) is 6.02. The van der Waals surface area contributed by atoms with Crippen molar-refractivity contribution < 1.29 is 9.18 Å². The van der Waals surface area contributed by atoms with Crippen LogP contribution in [0.5, 0.6) is 0 Å². The van der Waals surface area contributed by atoms with Gasteiger partial charge in [-0.1, -0.05) is 0 Å². The summed E-state index contributed by atoms with van der Waals surface area (Å²) in [4.78, 5) is 10.3. The molecule has 0 aliphatic heterocycles. The molecule has 1 rings (SSSR count). The lowest BCUT2D eigenvalue weighted by Crippen LogP contribution is -2.06. The predicted octanol–water partition coefficient (Wildman–Crippen LogP) is 1.50. The van der Waals surface area contributed by atoms with Gasteiger partial charge in [0.05, 0.1) is 5.41 Å². The first-order valence-electron chi connectivity index (χ1n) is 2.41. The first-order chi connectivity index (χ1) is 3.57. The van der Waals surface area contributed by atoms with Crippen LogP contribution in [0.25, 0.3) is 0 Å². The van der Waals surface area contributed by atoms with Crippen molar-refractivity contribution in [1.29, 1.82) is 0 Å². The maximum Gasteiger partial charge on any atom is 0.230 e. The molecule has 0 saturated heterocycles. The highest BCUT2D eigenvalue weighted by Crippen LogP contribution is 2.49. The number of hydrogen-bond acceptors (Lipinski definition) is 1. The molecule has 0 spiro atoms. The Labute approximate surface area is 51.8 Å². The predicted molar refractivity (Wildman–Crippen MR) is 28.5 cm³/mol. The molecule has 0 aromatic carbocycles. The third kappa shape index (κ3) is 0.635. The largest absolute Gasteiger partial charge is 0.281 e. The van der Waals surface area contributed by atoms with Crippen LogP contribution in [-0.4, -0.2) is 11.4 Å². The second kappa shape index (κ2) is 1.44. The van der Waals surface area contributed by atoms with Crippen LogP contribution in [0.1, 0.15) is 13.3 Å². The van der Waals surface area contributed by atoms with E-state index < -0.39 is 16.8 Å². The zero-order valence-electron chi connectivity index (χ0n) is 4.45. The molecular weight excluding hydrogens is 131 g/mol. The fraction of sp³-hybridized carbons (Fsp3) is 0.800. The van der Waals surface area contributed by atoms with Crippen molar-refractivity contribution in [2.45, 2.75) is 19.5 Å². The molecule has 1 aliphatic carbocycles. The zero-order valence-corrected chi connectivity index (χ0v) is 5.20. The fourth-order valence-electron chi connectivity index (χ4n) is 0.517. The quantitative estimate of drug-likeness (QED) is 0.500. The van der Waals surface area contributed by atoms with Gasteiger partial charge in [0, 0.05) is 0 Å². The van der Waals surface area contributed by atoms with Crippen LogP contribution in [0.4, 0.5) is 4.39 Å². The van der Waals surface area contributed by atoms with E-state index in [1.165, 1.54) is 6.92 Å². The highest BCUT2D eigenvalue weighted by atomic mass is 35.5. The van der Waals surface area contributed by atoms with E-state index in [2.05, 4.69) is 0 Å². The summed E-state index contributed by atoms with van der Waals surface area (Å²) in [5.41, 5.74) is -0.832. The Morgan fingerprint density at radius 1 is 2.00 bits per heavy atom. The van der Waals surface area contributed by atoms with Crippen LogP contribution < -0.4 is 0 Å². The van der Waals surface area contributed by atoms with Gasteiger partial charge in [-0.05, 0) is 24.9 Å². The monoisotopic (exact) mass is 136 g/mol. The molecule has 2 unspecified atom stereocenters. The highest BCUT2D eigenvalue weighted by molar-refractivity contribution is 6.65. The lowest BCUT2D eigenvalue weighted by atomic mass is 10.2. The standard InChI is InChI=1S/C5H6ClFO/c1-5(4(6)8)2-3(5)7/h3H,2H2,1H3. The van der Waals surface area contributed by atoms with Crippen LogP contribution in [0.15, 0.2) is 0 Å². The first-order valence-corrected chi connectivity index (χ1v) is 2.79. The van der Waals surface area contributed by atoms with E-state index >= 15 is 0 Å². The van der Waals surface area contributed by atoms with E-state index in [9.17, 15) is 9.18 Å². The SMILES string of the molecule is CC1(C(=O)Cl)CC1F. The summed E-state index contributed by atoms with van der Waals surface area (Å²) >= 11 is 5.03. The Morgan fingerprint density at radius 3 is 2.38 bits per heavy atom. The van der Waals surface area contributed by atoms with Gasteiger partial charge in [0.2, 0.25) is 5.24 Å². The Morgan fingerprint density at radius 2 is 2.38 bits per heavy atom. The molecule has 0 heterocycles. The second-order valence-corrected chi connectivity index (χ2v) is 2.71. The van der Waals surface area contributed by atoms with Crippen molar-refractivity contribution in [3.63, 3.8) is 0 Å². The molecule has 0 amide bonds. The van der Waals surface area contributed by atoms with Crippen LogP contribution in [0.2, 0.25) is 0 Å². The normalized spacial score (nSPS) is 44.1. The summed E-state index contributed by atoms with van der Waals surface area (Å²) in [6.45, 7) is 1.53. The van der Waals surface area contributed by atoms with E-state index in [1.54, 1.807) is 0 Å². The van der Waals surface area contributed by atoms with Crippen LogP contribution in [-0.2, 0) is 4.79 Å². The van der Waals surface area contributed by atoms with Crippen molar-refractivity contribution in [1.82, 2.24) is 0 Å². The highest BCUT2D eigenvalue weighted by Gasteiger charge is 2.56. The Hall–Kier alpha value is -0.110. The summed E-state index contributed by atoms with van der Waals surface area (Å²) in [5, 5.41) is -0.551. The van der Waals surface area contributed by atoms with Gasteiger partial charge in [0.1, 0.15) is 6.17 Å². The maximum atomic E-state index is 12.1. The number of rotatable bonds is 1. The maximum absolute atomic E-state index is 12.1. The van der Waals surface area contributed by atoms with Gasteiger partial charge >= 0.3 is 0 Å². The van der Waals surface area contributed by atoms with Crippen molar-refractivity contribution in [2.24, 2.45) is 5.41 Å². The molecule has 8 heavy (non-hydrogen) atoms.